The molecule has 1 unspecified atom stereocenters. The van der Waals surface area contributed by atoms with E-state index in [0.717, 1.165) is 51.3 Å². The average Bonchev–Trinajstić information content (AvgIpc) is 2.77. The van der Waals surface area contributed by atoms with Crippen molar-refractivity contribution in [2.75, 3.05) is 19.8 Å². The minimum absolute atomic E-state index is 0.531. The van der Waals surface area contributed by atoms with Crippen molar-refractivity contribution in [1.29, 1.82) is 0 Å². The molecule has 104 valence electrons. The monoisotopic (exact) mass is 253 g/mol. The lowest BCUT2D eigenvalue weighted by Gasteiger charge is -2.17. The third-order valence-electron chi connectivity index (χ3n) is 3.09. The second-order valence-electron chi connectivity index (χ2n) is 4.65. The summed E-state index contributed by atoms with van der Waals surface area (Å²) in [5.74, 6) is 1.16. The predicted molar refractivity (Wildman–Crippen MR) is 74.7 cm³/mol. The molecule has 0 aliphatic rings. The van der Waals surface area contributed by atoms with Crippen LogP contribution in [-0.4, -0.2) is 35.4 Å². The van der Waals surface area contributed by atoms with Crippen molar-refractivity contribution in [2.24, 2.45) is 7.05 Å². The molecule has 4 heteroatoms. The summed E-state index contributed by atoms with van der Waals surface area (Å²) in [6.45, 7) is 7.03. The number of ether oxygens (including phenoxy) is 1. The molecule has 0 amide bonds. The Bertz CT molecular complexity index is 312. The third-order valence-corrected chi connectivity index (χ3v) is 3.09. The molecule has 1 N–H and O–H groups in total. The van der Waals surface area contributed by atoms with Crippen molar-refractivity contribution in [3.8, 4) is 0 Å². The Morgan fingerprint density at radius 2 is 2.17 bits per heavy atom. The highest BCUT2D eigenvalue weighted by Gasteiger charge is 2.09. The second-order valence-corrected chi connectivity index (χ2v) is 4.65. The van der Waals surface area contributed by atoms with Crippen LogP contribution in [0.15, 0.2) is 12.4 Å². The van der Waals surface area contributed by atoms with Crippen LogP contribution in [0.4, 0.5) is 0 Å². The van der Waals surface area contributed by atoms with E-state index >= 15 is 0 Å². The highest BCUT2D eigenvalue weighted by Crippen LogP contribution is 2.06. The SMILES string of the molecule is CCCOCCC(CCc1nccn1C)NCC. The van der Waals surface area contributed by atoms with E-state index in [1.807, 2.05) is 12.4 Å². The summed E-state index contributed by atoms with van der Waals surface area (Å²) in [7, 11) is 2.05. The Balaban J connectivity index is 2.26. The number of aromatic nitrogens is 2. The third kappa shape index (κ3) is 5.65. The van der Waals surface area contributed by atoms with Gasteiger partial charge in [-0.1, -0.05) is 13.8 Å². The maximum absolute atomic E-state index is 5.56. The molecule has 1 aromatic heterocycles. The Labute approximate surface area is 111 Å². The van der Waals surface area contributed by atoms with Gasteiger partial charge >= 0.3 is 0 Å². The molecule has 1 aromatic rings. The van der Waals surface area contributed by atoms with Crippen LogP contribution in [0.3, 0.4) is 0 Å². The lowest BCUT2D eigenvalue weighted by atomic mass is 10.1. The molecule has 0 fully saturated rings. The number of hydrogen-bond donors (Lipinski definition) is 1. The fraction of sp³-hybridized carbons (Fsp3) is 0.786. The van der Waals surface area contributed by atoms with Gasteiger partial charge in [0.2, 0.25) is 0 Å². The Hall–Kier alpha value is -0.870. The molecule has 0 radical (unpaired) electrons. The summed E-state index contributed by atoms with van der Waals surface area (Å²) >= 11 is 0. The van der Waals surface area contributed by atoms with Gasteiger partial charge in [0.05, 0.1) is 0 Å². The van der Waals surface area contributed by atoms with E-state index in [-0.39, 0.29) is 0 Å². The van der Waals surface area contributed by atoms with E-state index < -0.39 is 0 Å². The van der Waals surface area contributed by atoms with E-state index in [1.165, 1.54) is 0 Å². The van der Waals surface area contributed by atoms with Gasteiger partial charge in [-0.15, -0.1) is 0 Å². The Morgan fingerprint density at radius 3 is 2.78 bits per heavy atom. The summed E-state index contributed by atoms with van der Waals surface area (Å²) in [6.07, 6.45) is 8.18. The molecule has 18 heavy (non-hydrogen) atoms. The van der Waals surface area contributed by atoms with Crippen LogP contribution in [0, 0.1) is 0 Å². The van der Waals surface area contributed by atoms with Crippen LogP contribution in [-0.2, 0) is 18.2 Å². The number of aryl methyl sites for hydroxylation is 2. The molecule has 0 saturated carbocycles. The van der Waals surface area contributed by atoms with Crippen LogP contribution >= 0.6 is 0 Å². The van der Waals surface area contributed by atoms with Crippen LogP contribution in [0.25, 0.3) is 0 Å². The summed E-state index contributed by atoms with van der Waals surface area (Å²) in [4.78, 5) is 4.36. The molecule has 1 heterocycles. The van der Waals surface area contributed by atoms with Crippen molar-refractivity contribution < 1.29 is 4.74 Å². The topological polar surface area (TPSA) is 39.1 Å². The molecule has 4 nitrogen and oxygen atoms in total. The van der Waals surface area contributed by atoms with Crippen LogP contribution in [0.2, 0.25) is 0 Å². The van der Waals surface area contributed by atoms with Crippen LogP contribution in [0.1, 0.15) is 38.9 Å². The van der Waals surface area contributed by atoms with Gasteiger partial charge in [0.1, 0.15) is 5.82 Å². The zero-order valence-corrected chi connectivity index (χ0v) is 12.0. The number of nitrogens with one attached hydrogen (secondary N) is 1. The molecule has 0 aromatic carbocycles. The van der Waals surface area contributed by atoms with Crippen LogP contribution < -0.4 is 5.32 Å². The van der Waals surface area contributed by atoms with Gasteiger partial charge in [-0.25, -0.2) is 4.98 Å². The van der Waals surface area contributed by atoms with Gasteiger partial charge in [0.25, 0.3) is 0 Å². The molecule has 0 aliphatic carbocycles. The molecule has 0 spiro atoms. The quantitative estimate of drug-likeness (QED) is 0.649. The molecule has 1 rings (SSSR count). The average molecular weight is 253 g/mol. The van der Waals surface area contributed by atoms with Gasteiger partial charge in [-0.2, -0.15) is 0 Å². The zero-order chi connectivity index (χ0) is 13.2. The maximum Gasteiger partial charge on any atom is 0.108 e. The van der Waals surface area contributed by atoms with Gasteiger partial charge in [0, 0.05) is 45.1 Å². The molecule has 1 atom stereocenters. The minimum Gasteiger partial charge on any atom is -0.381 e. The lowest BCUT2D eigenvalue weighted by Crippen LogP contribution is -2.31. The normalized spacial score (nSPS) is 12.8. The first-order valence-corrected chi connectivity index (χ1v) is 7.05. The molecular weight excluding hydrogens is 226 g/mol. The number of hydrogen-bond acceptors (Lipinski definition) is 3. The number of imidazole rings is 1. The first kappa shape index (κ1) is 15.2. The van der Waals surface area contributed by atoms with E-state index in [0.29, 0.717) is 6.04 Å². The minimum atomic E-state index is 0.531. The van der Waals surface area contributed by atoms with Gasteiger partial charge in [-0.05, 0) is 25.8 Å². The molecule has 0 bridgehead atoms. The number of nitrogens with zero attached hydrogens (tertiary/aromatic N) is 2. The summed E-state index contributed by atoms with van der Waals surface area (Å²) in [6, 6.07) is 0.531. The molecule has 0 saturated heterocycles. The van der Waals surface area contributed by atoms with E-state index in [1.54, 1.807) is 0 Å². The summed E-state index contributed by atoms with van der Waals surface area (Å²) < 4.78 is 7.65. The van der Waals surface area contributed by atoms with E-state index in [9.17, 15) is 0 Å². The standard InChI is InChI=1S/C14H27N3O/c1-4-11-18-12-8-13(15-5-2)6-7-14-16-9-10-17(14)3/h9-10,13,15H,4-8,11-12H2,1-3H3. The highest BCUT2D eigenvalue weighted by atomic mass is 16.5. The van der Waals surface area contributed by atoms with Crippen molar-refractivity contribution in [1.82, 2.24) is 14.9 Å². The highest BCUT2D eigenvalue weighted by molar-refractivity contribution is 4.92. The summed E-state index contributed by atoms with van der Waals surface area (Å²) in [5, 5.41) is 3.52. The smallest absolute Gasteiger partial charge is 0.108 e. The van der Waals surface area contributed by atoms with Gasteiger partial charge in [-0.3, -0.25) is 0 Å². The second kappa shape index (κ2) is 9.11. The fourth-order valence-electron chi connectivity index (χ4n) is 2.05. The fourth-order valence-corrected chi connectivity index (χ4v) is 2.05. The van der Waals surface area contributed by atoms with E-state index in [2.05, 4.69) is 35.8 Å². The Kier molecular flexibility index (Phi) is 7.69. The van der Waals surface area contributed by atoms with Gasteiger partial charge < -0.3 is 14.6 Å². The largest absolute Gasteiger partial charge is 0.381 e. The van der Waals surface area contributed by atoms with Crippen molar-refractivity contribution in [3.63, 3.8) is 0 Å². The first-order chi connectivity index (χ1) is 8.77. The zero-order valence-electron chi connectivity index (χ0n) is 12.0. The Morgan fingerprint density at radius 1 is 1.33 bits per heavy atom. The molecular formula is C14H27N3O. The maximum atomic E-state index is 5.56. The number of rotatable bonds is 10. The lowest BCUT2D eigenvalue weighted by molar-refractivity contribution is 0.123. The summed E-state index contributed by atoms with van der Waals surface area (Å²) in [5.41, 5.74) is 0. The van der Waals surface area contributed by atoms with Crippen LogP contribution in [0.5, 0.6) is 0 Å². The van der Waals surface area contributed by atoms with Gasteiger partial charge in [0.15, 0.2) is 0 Å². The van der Waals surface area contributed by atoms with Crippen molar-refractivity contribution in [2.45, 2.75) is 45.6 Å². The van der Waals surface area contributed by atoms with Crippen molar-refractivity contribution >= 4 is 0 Å². The van der Waals surface area contributed by atoms with E-state index in [4.69, 9.17) is 4.74 Å². The van der Waals surface area contributed by atoms with Crippen molar-refractivity contribution in [3.05, 3.63) is 18.2 Å². The predicted octanol–water partition coefficient (Wildman–Crippen LogP) is 2.15. The first-order valence-electron chi connectivity index (χ1n) is 7.05. The molecule has 0 aliphatic heterocycles.